The van der Waals surface area contributed by atoms with Crippen molar-refractivity contribution in [2.24, 2.45) is 0 Å². The van der Waals surface area contributed by atoms with Crippen LogP contribution in [0.15, 0.2) is 22.7 Å². The summed E-state index contributed by atoms with van der Waals surface area (Å²) in [7, 11) is 0. The highest BCUT2D eigenvalue weighted by atomic mass is 79.9. The van der Waals surface area contributed by atoms with Gasteiger partial charge < -0.3 is 0 Å². The lowest BCUT2D eigenvalue weighted by Crippen LogP contribution is -1.84. The summed E-state index contributed by atoms with van der Waals surface area (Å²) in [5.74, 6) is 0.671. The Morgan fingerprint density at radius 1 is 1.35 bits per heavy atom. The van der Waals surface area contributed by atoms with Gasteiger partial charge in [0.15, 0.2) is 0 Å². The van der Waals surface area contributed by atoms with E-state index in [1.54, 1.807) is 11.3 Å². The number of rotatable bonds is 4. The van der Waals surface area contributed by atoms with E-state index >= 15 is 0 Å². The summed E-state index contributed by atoms with van der Waals surface area (Å²) in [5, 5.41) is 10.5. The average Bonchev–Trinajstić information content (AvgIpc) is 2.78. The van der Waals surface area contributed by atoms with Gasteiger partial charge in [-0.2, -0.15) is 0 Å². The topological polar surface area (TPSA) is 25.8 Å². The third-order valence-corrected chi connectivity index (χ3v) is 4.63. The first-order chi connectivity index (χ1) is 8.22. The molecule has 0 radical (unpaired) electrons. The van der Waals surface area contributed by atoms with Gasteiger partial charge in [-0.25, -0.2) is 0 Å². The van der Waals surface area contributed by atoms with Crippen molar-refractivity contribution in [2.75, 3.05) is 5.88 Å². The zero-order chi connectivity index (χ0) is 12.3. The lowest BCUT2D eigenvalue weighted by molar-refractivity contribution is 0.884. The zero-order valence-electron chi connectivity index (χ0n) is 9.41. The van der Waals surface area contributed by atoms with Crippen molar-refractivity contribution in [1.82, 2.24) is 10.2 Å². The van der Waals surface area contributed by atoms with Gasteiger partial charge in [0.25, 0.3) is 0 Å². The predicted octanol–water partition coefficient (Wildman–Crippen LogP) is 4.45. The average molecular weight is 332 g/mol. The summed E-state index contributed by atoms with van der Waals surface area (Å²) < 4.78 is 1.10. The van der Waals surface area contributed by atoms with Crippen molar-refractivity contribution in [3.05, 3.63) is 33.2 Å². The van der Waals surface area contributed by atoms with Crippen LogP contribution in [0.4, 0.5) is 0 Å². The van der Waals surface area contributed by atoms with Gasteiger partial charge in [0.05, 0.1) is 0 Å². The van der Waals surface area contributed by atoms with Crippen molar-refractivity contribution in [3.8, 4) is 10.6 Å². The zero-order valence-corrected chi connectivity index (χ0v) is 12.6. The molecule has 0 bridgehead atoms. The van der Waals surface area contributed by atoms with Gasteiger partial charge >= 0.3 is 0 Å². The summed E-state index contributed by atoms with van der Waals surface area (Å²) >= 11 is 10.8. The van der Waals surface area contributed by atoms with E-state index in [4.69, 9.17) is 11.6 Å². The molecule has 0 N–H and O–H groups in total. The quantitative estimate of drug-likeness (QED) is 0.774. The van der Waals surface area contributed by atoms with E-state index in [0.717, 1.165) is 32.9 Å². The molecule has 0 unspecified atom stereocenters. The van der Waals surface area contributed by atoms with Gasteiger partial charge in [0, 0.05) is 22.3 Å². The smallest absolute Gasteiger partial charge is 0.143 e. The molecule has 0 amide bonds. The Hall–Kier alpha value is -0.450. The number of nitrogens with zero attached hydrogens (tertiary/aromatic N) is 2. The molecular formula is C12H12BrClN2S. The van der Waals surface area contributed by atoms with Gasteiger partial charge in [0.1, 0.15) is 10.0 Å². The second kappa shape index (κ2) is 5.94. The highest BCUT2D eigenvalue weighted by molar-refractivity contribution is 9.10. The molecule has 0 atom stereocenters. The standard InChI is InChI=1S/C12H12BrClN2S/c1-8-9(4-2-5-10(8)13)12-16-15-11(17-12)6-3-7-14/h2,4-5H,3,6-7H2,1H3. The van der Waals surface area contributed by atoms with E-state index in [1.165, 1.54) is 5.56 Å². The number of alkyl halides is 1. The summed E-state index contributed by atoms with van der Waals surface area (Å²) in [5.41, 5.74) is 2.35. The molecule has 5 heteroatoms. The third kappa shape index (κ3) is 3.06. The lowest BCUT2D eigenvalue weighted by atomic mass is 10.1. The van der Waals surface area contributed by atoms with Crippen molar-refractivity contribution in [2.45, 2.75) is 19.8 Å². The molecule has 0 aliphatic heterocycles. The Bertz CT molecular complexity index is 513. The number of aromatic nitrogens is 2. The van der Waals surface area contributed by atoms with Gasteiger partial charge in [-0.15, -0.1) is 21.8 Å². The van der Waals surface area contributed by atoms with Gasteiger partial charge in [-0.1, -0.05) is 39.4 Å². The number of hydrogen-bond donors (Lipinski definition) is 0. The minimum Gasteiger partial charge on any atom is -0.143 e. The number of benzene rings is 1. The first-order valence-corrected chi connectivity index (χ1v) is 7.50. The molecule has 1 heterocycles. The molecule has 2 nitrogen and oxygen atoms in total. The molecule has 2 aromatic rings. The predicted molar refractivity (Wildman–Crippen MR) is 76.8 cm³/mol. The fourth-order valence-corrected chi connectivity index (χ4v) is 2.98. The summed E-state index contributed by atoms with van der Waals surface area (Å²) in [4.78, 5) is 0. The fourth-order valence-electron chi connectivity index (χ4n) is 1.52. The summed E-state index contributed by atoms with van der Waals surface area (Å²) in [6.45, 7) is 2.08. The van der Waals surface area contributed by atoms with Crippen molar-refractivity contribution < 1.29 is 0 Å². The van der Waals surface area contributed by atoms with Gasteiger partial charge in [0.2, 0.25) is 0 Å². The Balaban J connectivity index is 2.27. The van der Waals surface area contributed by atoms with Crippen LogP contribution in [0.25, 0.3) is 10.6 Å². The Morgan fingerprint density at radius 3 is 2.94 bits per heavy atom. The van der Waals surface area contributed by atoms with E-state index in [1.807, 2.05) is 12.1 Å². The molecule has 0 saturated carbocycles. The molecular weight excluding hydrogens is 320 g/mol. The number of aryl methyl sites for hydroxylation is 1. The molecule has 1 aromatic heterocycles. The number of halogens is 2. The molecule has 0 saturated heterocycles. The highest BCUT2D eigenvalue weighted by Crippen LogP contribution is 2.30. The second-order valence-corrected chi connectivity index (χ2v) is 6.00. The van der Waals surface area contributed by atoms with Crippen molar-refractivity contribution in [3.63, 3.8) is 0 Å². The number of hydrogen-bond acceptors (Lipinski definition) is 3. The maximum absolute atomic E-state index is 5.67. The van der Waals surface area contributed by atoms with Crippen LogP contribution in [0.2, 0.25) is 0 Å². The molecule has 0 aliphatic carbocycles. The minimum atomic E-state index is 0.671. The van der Waals surface area contributed by atoms with Crippen LogP contribution in [0.1, 0.15) is 17.0 Å². The minimum absolute atomic E-state index is 0.671. The van der Waals surface area contributed by atoms with Crippen LogP contribution >= 0.6 is 38.9 Å². The SMILES string of the molecule is Cc1c(Br)cccc1-c1nnc(CCCCl)s1. The van der Waals surface area contributed by atoms with Crippen LogP contribution in [0, 0.1) is 6.92 Å². The van der Waals surface area contributed by atoms with Crippen molar-refractivity contribution >= 4 is 38.9 Å². The Labute approximate surface area is 118 Å². The normalized spacial score (nSPS) is 10.8. The monoisotopic (exact) mass is 330 g/mol. The third-order valence-electron chi connectivity index (χ3n) is 2.49. The molecule has 0 aliphatic rings. The van der Waals surface area contributed by atoms with Gasteiger partial charge in [-0.3, -0.25) is 0 Å². The second-order valence-electron chi connectivity index (χ2n) is 3.71. The van der Waals surface area contributed by atoms with Gasteiger partial charge in [-0.05, 0) is 25.0 Å². The van der Waals surface area contributed by atoms with Crippen LogP contribution in [0.3, 0.4) is 0 Å². The van der Waals surface area contributed by atoms with Crippen LogP contribution < -0.4 is 0 Å². The summed E-state index contributed by atoms with van der Waals surface area (Å²) in [6.07, 6.45) is 1.86. The molecule has 90 valence electrons. The van der Waals surface area contributed by atoms with Crippen molar-refractivity contribution in [1.29, 1.82) is 0 Å². The Morgan fingerprint density at radius 2 is 2.18 bits per heavy atom. The maximum Gasteiger partial charge on any atom is 0.148 e. The highest BCUT2D eigenvalue weighted by Gasteiger charge is 2.10. The molecule has 2 rings (SSSR count). The van der Waals surface area contributed by atoms with Crippen LogP contribution in [0.5, 0.6) is 0 Å². The first kappa shape index (κ1) is 13.0. The maximum atomic E-state index is 5.67. The van der Waals surface area contributed by atoms with Crippen LogP contribution in [-0.2, 0) is 6.42 Å². The molecule has 1 aromatic carbocycles. The van der Waals surface area contributed by atoms with E-state index in [2.05, 4.69) is 39.1 Å². The van der Waals surface area contributed by atoms with E-state index in [0.29, 0.717) is 5.88 Å². The molecule has 0 fully saturated rings. The fraction of sp³-hybridized carbons (Fsp3) is 0.333. The Kier molecular flexibility index (Phi) is 4.54. The molecule has 17 heavy (non-hydrogen) atoms. The largest absolute Gasteiger partial charge is 0.148 e. The first-order valence-electron chi connectivity index (χ1n) is 5.36. The van der Waals surface area contributed by atoms with E-state index in [-0.39, 0.29) is 0 Å². The van der Waals surface area contributed by atoms with Crippen LogP contribution in [-0.4, -0.2) is 16.1 Å². The lowest BCUT2D eigenvalue weighted by Gasteiger charge is -2.02. The van der Waals surface area contributed by atoms with E-state index < -0.39 is 0 Å². The molecule has 0 spiro atoms. The van der Waals surface area contributed by atoms with E-state index in [9.17, 15) is 0 Å². The summed E-state index contributed by atoms with van der Waals surface area (Å²) in [6, 6.07) is 6.13.